The van der Waals surface area contributed by atoms with Crippen molar-refractivity contribution < 1.29 is 18.3 Å². The van der Waals surface area contributed by atoms with Gasteiger partial charge in [0.15, 0.2) is 0 Å². The van der Waals surface area contributed by atoms with Crippen LogP contribution in [0.15, 0.2) is 17.2 Å². The summed E-state index contributed by atoms with van der Waals surface area (Å²) >= 11 is 0. The van der Waals surface area contributed by atoms with Gasteiger partial charge in [-0.2, -0.15) is 0 Å². The highest BCUT2D eigenvalue weighted by atomic mass is 32.2. The summed E-state index contributed by atoms with van der Waals surface area (Å²) in [5, 5.41) is 9.05. The Kier molecular flexibility index (Phi) is 3.93. The monoisotopic (exact) mass is 300 g/mol. The van der Waals surface area contributed by atoms with Crippen LogP contribution < -0.4 is 4.72 Å². The average Bonchev–Trinajstić information content (AvgIpc) is 2.79. The molecule has 20 heavy (non-hydrogen) atoms. The van der Waals surface area contributed by atoms with Gasteiger partial charge >= 0.3 is 5.97 Å². The van der Waals surface area contributed by atoms with Gasteiger partial charge in [0.2, 0.25) is 10.0 Å². The normalized spacial score (nSPS) is 17.7. The molecule has 0 saturated heterocycles. The van der Waals surface area contributed by atoms with Gasteiger partial charge in [-0.15, -0.1) is 0 Å². The van der Waals surface area contributed by atoms with E-state index in [4.69, 9.17) is 5.11 Å². The third-order valence-corrected chi connectivity index (χ3v) is 5.36. The zero-order valence-corrected chi connectivity index (χ0v) is 12.5. The highest BCUT2D eigenvalue weighted by Crippen LogP contribution is 2.39. The van der Waals surface area contributed by atoms with Crippen LogP contribution in [0.25, 0.3) is 0 Å². The van der Waals surface area contributed by atoms with Crippen molar-refractivity contribution in [3.05, 3.63) is 18.0 Å². The second kappa shape index (κ2) is 5.21. The van der Waals surface area contributed by atoms with E-state index in [9.17, 15) is 13.2 Å². The average molecular weight is 300 g/mol. The van der Waals surface area contributed by atoms with E-state index in [0.29, 0.717) is 13.1 Å². The summed E-state index contributed by atoms with van der Waals surface area (Å²) in [5.41, 5.74) is 0.0264. The standard InChI is InChI=1S/C13H20N2O4S/c1-3-15-8-10(7-11(15)12(16)17)20(18,19)14-9-13(2)5-4-6-13/h7-8,14H,3-6,9H2,1-2H3,(H,16,17). The summed E-state index contributed by atoms with van der Waals surface area (Å²) in [6.45, 7) is 4.63. The first-order valence-corrected chi connectivity index (χ1v) is 8.19. The van der Waals surface area contributed by atoms with Crippen molar-refractivity contribution in [2.75, 3.05) is 6.54 Å². The molecule has 7 heteroatoms. The number of aryl methyl sites for hydroxylation is 1. The Morgan fingerprint density at radius 1 is 1.50 bits per heavy atom. The fourth-order valence-corrected chi connectivity index (χ4v) is 3.62. The Hall–Kier alpha value is -1.34. The number of nitrogens with one attached hydrogen (secondary N) is 1. The molecule has 1 saturated carbocycles. The highest BCUT2D eigenvalue weighted by Gasteiger charge is 2.33. The van der Waals surface area contributed by atoms with E-state index in [1.54, 1.807) is 6.92 Å². The number of carbonyl (C=O) groups is 1. The molecule has 1 aliphatic carbocycles. The largest absolute Gasteiger partial charge is 0.477 e. The number of nitrogens with zero attached hydrogens (tertiary/aromatic N) is 1. The molecular weight excluding hydrogens is 280 g/mol. The van der Waals surface area contributed by atoms with Crippen molar-refractivity contribution in [2.45, 2.75) is 44.6 Å². The summed E-state index contributed by atoms with van der Waals surface area (Å²) in [7, 11) is -3.65. The Balaban J connectivity index is 2.18. The van der Waals surface area contributed by atoms with Gasteiger partial charge in [0, 0.05) is 19.3 Å². The Labute approximate surface area is 118 Å². The van der Waals surface area contributed by atoms with Crippen LogP contribution in [-0.2, 0) is 16.6 Å². The van der Waals surface area contributed by atoms with Gasteiger partial charge in [0.05, 0.1) is 0 Å². The van der Waals surface area contributed by atoms with Crippen LogP contribution in [0, 0.1) is 5.41 Å². The maximum atomic E-state index is 12.2. The zero-order chi connectivity index (χ0) is 15.0. The molecule has 1 aromatic heterocycles. The van der Waals surface area contributed by atoms with Gasteiger partial charge in [-0.25, -0.2) is 17.9 Å². The van der Waals surface area contributed by atoms with E-state index in [1.165, 1.54) is 16.8 Å². The number of carboxylic acids is 1. The molecule has 1 aliphatic rings. The second-order valence-electron chi connectivity index (χ2n) is 5.64. The summed E-state index contributed by atoms with van der Waals surface area (Å²) in [6.07, 6.45) is 4.54. The molecule has 1 fully saturated rings. The fraction of sp³-hybridized carbons (Fsp3) is 0.615. The van der Waals surface area contributed by atoms with Gasteiger partial charge in [0.25, 0.3) is 0 Å². The molecule has 0 aliphatic heterocycles. The number of carboxylic acid groups (broad SMARTS) is 1. The molecule has 112 valence electrons. The first-order valence-electron chi connectivity index (χ1n) is 6.70. The topological polar surface area (TPSA) is 88.4 Å². The van der Waals surface area contributed by atoms with Crippen molar-refractivity contribution in [3.63, 3.8) is 0 Å². The van der Waals surface area contributed by atoms with Crippen LogP contribution >= 0.6 is 0 Å². The van der Waals surface area contributed by atoms with E-state index in [0.717, 1.165) is 19.3 Å². The number of hydrogen-bond donors (Lipinski definition) is 2. The summed E-state index contributed by atoms with van der Waals surface area (Å²) in [4.78, 5) is 11.1. The molecule has 0 radical (unpaired) electrons. The van der Waals surface area contributed by atoms with Crippen LogP contribution in [0.2, 0.25) is 0 Å². The first kappa shape index (κ1) is 15.1. The molecular formula is C13H20N2O4S. The quantitative estimate of drug-likeness (QED) is 0.836. The van der Waals surface area contributed by atoms with E-state index in [2.05, 4.69) is 11.6 Å². The summed E-state index contributed by atoms with van der Waals surface area (Å²) in [5.74, 6) is -1.13. The lowest BCUT2D eigenvalue weighted by Gasteiger charge is -2.38. The minimum absolute atomic E-state index is 0.0114. The fourth-order valence-electron chi connectivity index (χ4n) is 2.38. The predicted octanol–water partition coefficient (Wildman–Crippen LogP) is 1.67. The second-order valence-corrected chi connectivity index (χ2v) is 7.41. The summed E-state index contributed by atoms with van der Waals surface area (Å²) in [6, 6.07) is 1.21. The zero-order valence-electron chi connectivity index (χ0n) is 11.7. The Morgan fingerprint density at radius 3 is 2.55 bits per heavy atom. The third-order valence-electron chi connectivity index (χ3n) is 3.99. The van der Waals surface area contributed by atoms with Gasteiger partial charge < -0.3 is 9.67 Å². The molecule has 1 heterocycles. The smallest absolute Gasteiger partial charge is 0.352 e. The van der Waals surface area contributed by atoms with Crippen LogP contribution in [0.3, 0.4) is 0 Å². The molecule has 0 aromatic carbocycles. The molecule has 0 bridgehead atoms. The van der Waals surface area contributed by atoms with Crippen molar-refractivity contribution in [1.82, 2.24) is 9.29 Å². The maximum Gasteiger partial charge on any atom is 0.352 e. The summed E-state index contributed by atoms with van der Waals surface area (Å²) < 4.78 is 28.4. The Bertz CT molecular complexity index is 614. The molecule has 2 rings (SSSR count). The van der Waals surface area contributed by atoms with E-state index in [1.807, 2.05) is 0 Å². The minimum Gasteiger partial charge on any atom is -0.477 e. The number of aromatic nitrogens is 1. The third kappa shape index (κ3) is 2.88. The van der Waals surface area contributed by atoms with E-state index < -0.39 is 16.0 Å². The number of sulfonamides is 1. The van der Waals surface area contributed by atoms with Crippen molar-refractivity contribution >= 4 is 16.0 Å². The molecule has 0 amide bonds. The number of hydrogen-bond acceptors (Lipinski definition) is 3. The molecule has 2 N–H and O–H groups in total. The van der Waals surface area contributed by atoms with Gasteiger partial charge in [0.1, 0.15) is 10.6 Å². The van der Waals surface area contributed by atoms with E-state index >= 15 is 0 Å². The Morgan fingerprint density at radius 2 is 2.15 bits per heavy atom. The predicted molar refractivity (Wildman–Crippen MR) is 74.2 cm³/mol. The minimum atomic E-state index is -3.65. The number of aromatic carboxylic acids is 1. The van der Waals surface area contributed by atoms with Crippen LogP contribution in [-0.4, -0.2) is 30.6 Å². The van der Waals surface area contributed by atoms with Gasteiger partial charge in [-0.3, -0.25) is 0 Å². The lowest BCUT2D eigenvalue weighted by Crippen LogP contribution is -2.39. The molecule has 1 aromatic rings. The maximum absolute atomic E-state index is 12.2. The van der Waals surface area contributed by atoms with Crippen LogP contribution in [0.5, 0.6) is 0 Å². The molecule has 6 nitrogen and oxygen atoms in total. The highest BCUT2D eigenvalue weighted by molar-refractivity contribution is 7.89. The lowest BCUT2D eigenvalue weighted by molar-refractivity contribution is 0.0685. The molecule has 0 atom stereocenters. The SMILES string of the molecule is CCn1cc(S(=O)(=O)NCC2(C)CCC2)cc1C(=O)O. The van der Waals surface area contributed by atoms with Crippen LogP contribution in [0.1, 0.15) is 43.6 Å². The van der Waals surface area contributed by atoms with Gasteiger partial charge in [-0.1, -0.05) is 13.3 Å². The van der Waals surface area contributed by atoms with Crippen molar-refractivity contribution in [1.29, 1.82) is 0 Å². The molecule has 0 spiro atoms. The number of rotatable bonds is 6. The van der Waals surface area contributed by atoms with E-state index in [-0.39, 0.29) is 16.0 Å². The van der Waals surface area contributed by atoms with Crippen LogP contribution in [0.4, 0.5) is 0 Å². The van der Waals surface area contributed by atoms with Gasteiger partial charge in [-0.05, 0) is 31.2 Å². The van der Waals surface area contributed by atoms with Crippen molar-refractivity contribution in [2.24, 2.45) is 5.41 Å². The lowest BCUT2D eigenvalue weighted by atomic mass is 9.71. The first-order chi connectivity index (χ1) is 9.27. The van der Waals surface area contributed by atoms with Crippen molar-refractivity contribution in [3.8, 4) is 0 Å². The molecule has 0 unspecified atom stereocenters.